The summed E-state index contributed by atoms with van der Waals surface area (Å²) < 4.78 is 5.46. The largest absolute Gasteiger partial charge is 0.444 e. The van der Waals surface area contributed by atoms with Crippen LogP contribution in [0.2, 0.25) is 0 Å². The highest BCUT2D eigenvalue weighted by Crippen LogP contribution is 2.60. The summed E-state index contributed by atoms with van der Waals surface area (Å²) in [5.41, 5.74) is -0.536. The predicted molar refractivity (Wildman–Crippen MR) is 95.0 cm³/mol. The van der Waals surface area contributed by atoms with Crippen LogP contribution in [0.1, 0.15) is 59.3 Å². The molecule has 4 bridgehead atoms. The molecular formula is C20H32N2O3. The zero-order valence-corrected chi connectivity index (χ0v) is 15.9. The SMILES string of the molecule is CC(C)(C)OC(=O)N1CCN(C(=O)C23CC4CC(CC(C4)C2)C3)CC1. The number of rotatable bonds is 1. The summed E-state index contributed by atoms with van der Waals surface area (Å²) in [6.45, 7) is 8.15. The minimum absolute atomic E-state index is 0.0666. The van der Waals surface area contributed by atoms with Gasteiger partial charge < -0.3 is 14.5 Å². The Morgan fingerprint density at radius 2 is 1.28 bits per heavy atom. The molecule has 1 heterocycles. The average molecular weight is 348 g/mol. The van der Waals surface area contributed by atoms with E-state index in [0.717, 1.165) is 37.0 Å². The summed E-state index contributed by atoms with van der Waals surface area (Å²) in [5.74, 6) is 2.75. The fourth-order valence-electron chi connectivity index (χ4n) is 6.13. The van der Waals surface area contributed by atoms with Crippen molar-refractivity contribution in [3.63, 3.8) is 0 Å². The first kappa shape index (κ1) is 17.2. The smallest absolute Gasteiger partial charge is 0.410 e. The second-order valence-electron chi connectivity index (χ2n) is 9.96. The van der Waals surface area contributed by atoms with E-state index in [4.69, 9.17) is 4.74 Å². The monoisotopic (exact) mass is 348 g/mol. The summed E-state index contributed by atoms with van der Waals surface area (Å²) in [6, 6.07) is 0. The molecule has 5 heteroatoms. The number of hydrogen-bond acceptors (Lipinski definition) is 3. The van der Waals surface area contributed by atoms with Crippen molar-refractivity contribution in [3.8, 4) is 0 Å². The molecule has 0 aromatic rings. The molecule has 5 rings (SSSR count). The van der Waals surface area contributed by atoms with E-state index in [9.17, 15) is 9.59 Å². The summed E-state index contributed by atoms with van der Waals surface area (Å²) >= 11 is 0. The second kappa shape index (κ2) is 5.88. The van der Waals surface area contributed by atoms with Crippen molar-refractivity contribution in [1.82, 2.24) is 9.80 Å². The van der Waals surface area contributed by atoms with Gasteiger partial charge in [0.2, 0.25) is 5.91 Å². The van der Waals surface area contributed by atoms with E-state index in [0.29, 0.717) is 32.1 Å². The van der Waals surface area contributed by atoms with Gasteiger partial charge in [-0.05, 0) is 77.0 Å². The number of carbonyl (C=O) groups excluding carboxylic acids is 2. The molecule has 0 spiro atoms. The number of carbonyl (C=O) groups is 2. The van der Waals surface area contributed by atoms with E-state index in [1.165, 1.54) is 19.3 Å². The van der Waals surface area contributed by atoms with E-state index < -0.39 is 5.60 Å². The molecule has 2 amide bonds. The second-order valence-corrected chi connectivity index (χ2v) is 9.96. The van der Waals surface area contributed by atoms with Crippen molar-refractivity contribution in [2.75, 3.05) is 26.2 Å². The van der Waals surface area contributed by atoms with Gasteiger partial charge in [0, 0.05) is 26.2 Å². The number of amides is 2. The van der Waals surface area contributed by atoms with Gasteiger partial charge in [-0.1, -0.05) is 0 Å². The van der Waals surface area contributed by atoms with Crippen molar-refractivity contribution in [2.45, 2.75) is 64.9 Å². The van der Waals surface area contributed by atoms with Gasteiger partial charge in [0.15, 0.2) is 0 Å². The third-order valence-corrected chi connectivity index (χ3v) is 6.71. The third kappa shape index (κ3) is 3.26. The highest BCUT2D eigenvalue weighted by molar-refractivity contribution is 5.83. The zero-order chi connectivity index (χ0) is 17.8. The van der Waals surface area contributed by atoms with Crippen LogP contribution in [-0.2, 0) is 9.53 Å². The van der Waals surface area contributed by atoms with Crippen molar-refractivity contribution >= 4 is 12.0 Å². The molecule has 4 aliphatic carbocycles. The molecule has 5 aliphatic rings. The molecule has 0 aromatic heterocycles. The molecule has 4 saturated carbocycles. The van der Waals surface area contributed by atoms with E-state index in [1.54, 1.807) is 4.90 Å². The summed E-state index contributed by atoms with van der Waals surface area (Å²) in [5, 5.41) is 0. The van der Waals surface area contributed by atoms with E-state index >= 15 is 0 Å². The summed E-state index contributed by atoms with van der Waals surface area (Å²) in [4.78, 5) is 29.3. The third-order valence-electron chi connectivity index (χ3n) is 6.71. The Kier molecular flexibility index (Phi) is 4.04. The van der Waals surface area contributed by atoms with Crippen LogP contribution < -0.4 is 0 Å². The van der Waals surface area contributed by atoms with Crippen LogP contribution in [0, 0.1) is 23.2 Å². The fraction of sp³-hybridized carbons (Fsp3) is 0.900. The van der Waals surface area contributed by atoms with Crippen LogP contribution in [0.15, 0.2) is 0 Å². The molecule has 140 valence electrons. The lowest BCUT2D eigenvalue weighted by Gasteiger charge is -2.57. The van der Waals surface area contributed by atoms with Gasteiger partial charge in [-0.15, -0.1) is 0 Å². The quantitative estimate of drug-likeness (QED) is 0.731. The van der Waals surface area contributed by atoms with Crippen molar-refractivity contribution in [3.05, 3.63) is 0 Å². The van der Waals surface area contributed by atoms with Crippen molar-refractivity contribution in [1.29, 1.82) is 0 Å². The minimum atomic E-state index is -0.469. The molecular weight excluding hydrogens is 316 g/mol. The lowest BCUT2D eigenvalue weighted by atomic mass is 9.49. The first-order valence-electron chi connectivity index (χ1n) is 10.0. The highest BCUT2D eigenvalue weighted by atomic mass is 16.6. The predicted octanol–water partition coefficient (Wildman–Crippen LogP) is 3.28. The number of nitrogens with zero attached hydrogens (tertiary/aromatic N) is 2. The van der Waals surface area contributed by atoms with Crippen molar-refractivity contribution in [2.24, 2.45) is 23.2 Å². The molecule has 5 nitrogen and oxygen atoms in total. The van der Waals surface area contributed by atoms with Gasteiger partial charge in [-0.3, -0.25) is 4.79 Å². The molecule has 5 fully saturated rings. The topological polar surface area (TPSA) is 49.9 Å². The highest BCUT2D eigenvalue weighted by Gasteiger charge is 2.55. The maximum Gasteiger partial charge on any atom is 0.410 e. The molecule has 1 aliphatic heterocycles. The summed E-state index contributed by atoms with van der Waals surface area (Å²) in [6.07, 6.45) is 7.17. The standard InChI is InChI=1S/C20H32N2O3/c1-19(2,3)25-18(24)22-6-4-21(5-7-22)17(23)20-11-14-8-15(12-20)10-16(9-14)13-20/h14-16H,4-13H2,1-3H3. The Bertz CT molecular complexity index is 522. The fourth-order valence-corrected chi connectivity index (χ4v) is 6.13. The molecule has 1 saturated heterocycles. The van der Waals surface area contributed by atoms with E-state index in [-0.39, 0.29) is 11.5 Å². The van der Waals surface area contributed by atoms with Gasteiger partial charge >= 0.3 is 6.09 Å². The molecule has 0 unspecified atom stereocenters. The average Bonchev–Trinajstić information content (AvgIpc) is 2.51. The Hall–Kier alpha value is -1.26. The van der Waals surface area contributed by atoms with Gasteiger partial charge in [0.25, 0.3) is 0 Å². The van der Waals surface area contributed by atoms with E-state index in [2.05, 4.69) is 0 Å². The Labute approximate surface area is 151 Å². The van der Waals surface area contributed by atoms with Gasteiger partial charge in [0.05, 0.1) is 5.41 Å². The lowest BCUT2D eigenvalue weighted by molar-refractivity contribution is -0.159. The Morgan fingerprint density at radius 1 is 0.840 bits per heavy atom. The maximum absolute atomic E-state index is 13.3. The van der Waals surface area contributed by atoms with Crippen LogP contribution in [0.4, 0.5) is 4.79 Å². The van der Waals surface area contributed by atoms with Crippen LogP contribution in [0.25, 0.3) is 0 Å². The minimum Gasteiger partial charge on any atom is -0.444 e. The van der Waals surface area contributed by atoms with E-state index in [1.807, 2.05) is 25.7 Å². The number of ether oxygens (including phenoxy) is 1. The van der Waals surface area contributed by atoms with Crippen LogP contribution >= 0.6 is 0 Å². The van der Waals surface area contributed by atoms with Gasteiger partial charge in [0.1, 0.15) is 5.60 Å². The molecule has 0 aromatic carbocycles. The van der Waals surface area contributed by atoms with Crippen LogP contribution in [0.3, 0.4) is 0 Å². The number of piperazine rings is 1. The van der Waals surface area contributed by atoms with Crippen molar-refractivity contribution < 1.29 is 14.3 Å². The molecule has 0 N–H and O–H groups in total. The molecule has 0 atom stereocenters. The first-order valence-corrected chi connectivity index (χ1v) is 10.0. The van der Waals surface area contributed by atoms with Gasteiger partial charge in [-0.2, -0.15) is 0 Å². The first-order chi connectivity index (χ1) is 11.7. The normalized spacial score (nSPS) is 37.3. The maximum atomic E-state index is 13.3. The van der Waals surface area contributed by atoms with Crippen LogP contribution in [0.5, 0.6) is 0 Å². The van der Waals surface area contributed by atoms with Crippen LogP contribution in [-0.4, -0.2) is 53.6 Å². The zero-order valence-electron chi connectivity index (χ0n) is 15.9. The Morgan fingerprint density at radius 3 is 1.72 bits per heavy atom. The van der Waals surface area contributed by atoms with Gasteiger partial charge in [-0.25, -0.2) is 4.79 Å². The number of hydrogen-bond donors (Lipinski definition) is 0. The summed E-state index contributed by atoms with van der Waals surface area (Å²) in [7, 11) is 0. The lowest BCUT2D eigenvalue weighted by Crippen LogP contribution is -2.58. The molecule has 0 radical (unpaired) electrons. The molecule has 25 heavy (non-hydrogen) atoms. The Balaban J connectivity index is 1.37.